The van der Waals surface area contributed by atoms with E-state index in [1.807, 2.05) is 0 Å². The minimum Gasteiger partial charge on any atom is -0.378 e. The minimum absolute atomic E-state index is 0.393. The molecule has 2 heterocycles. The lowest BCUT2D eigenvalue weighted by Crippen LogP contribution is -2.34. The highest BCUT2D eigenvalue weighted by Gasteiger charge is 2.25. The Morgan fingerprint density at radius 2 is 0.955 bits per heavy atom. The summed E-state index contributed by atoms with van der Waals surface area (Å²) in [5, 5.41) is 0. The summed E-state index contributed by atoms with van der Waals surface area (Å²) in [4.78, 5) is 2.33. The van der Waals surface area contributed by atoms with Crippen molar-refractivity contribution in [3.05, 3.63) is 0 Å². The van der Waals surface area contributed by atoms with E-state index in [0.29, 0.717) is 72.2 Å². The molecule has 0 aromatic rings. The van der Waals surface area contributed by atoms with Crippen molar-refractivity contribution < 1.29 is 28.4 Å². The van der Waals surface area contributed by atoms with Gasteiger partial charge >= 0.3 is 0 Å². The zero-order valence-electron chi connectivity index (χ0n) is 13.4. The topological polar surface area (TPSA) is 61.9 Å². The number of ether oxygens (including phenoxy) is 6. The van der Waals surface area contributed by atoms with Crippen molar-refractivity contribution in [1.29, 1.82) is 0 Å². The molecule has 130 valence electrons. The van der Waals surface area contributed by atoms with Crippen LogP contribution in [0.3, 0.4) is 0 Å². The summed E-state index contributed by atoms with van der Waals surface area (Å²) in [5.41, 5.74) is 0. The lowest BCUT2D eigenvalue weighted by Gasteiger charge is -2.21. The summed E-state index contributed by atoms with van der Waals surface area (Å²) in [6, 6.07) is 0. The van der Waals surface area contributed by atoms with Gasteiger partial charge < -0.3 is 28.4 Å². The van der Waals surface area contributed by atoms with Gasteiger partial charge in [-0.2, -0.15) is 0 Å². The molecule has 0 amide bonds. The zero-order valence-corrected chi connectivity index (χ0v) is 13.4. The largest absolute Gasteiger partial charge is 0.378 e. The Hall–Kier alpha value is -0.280. The summed E-state index contributed by atoms with van der Waals surface area (Å²) in [6.45, 7) is 9.85. The summed E-state index contributed by atoms with van der Waals surface area (Å²) in [5.74, 6) is 0. The van der Waals surface area contributed by atoms with E-state index in [1.165, 1.54) is 0 Å². The molecule has 0 radical (unpaired) electrons. The molecule has 2 fully saturated rings. The predicted octanol–water partition coefficient (Wildman–Crippen LogP) is -0.216. The Kier molecular flexibility index (Phi) is 10.0. The molecular weight excluding hydrogens is 290 g/mol. The van der Waals surface area contributed by atoms with Crippen LogP contribution < -0.4 is 0 Å². The molecule has 2 aliphatic heterocycles. The van der Waals surface area contributed by atoms with Crippen LogP contribution in [0.5, 0.6) is 0 Å². The maximum absolute atomic E-state index is 5.60. The van der Waals surface area contributed by atoms with E-state index in [-0.39, 0.29) is 0 Å². The molecule has 0 aromatic heterocycles. The molecule has 7 heteroatoms. The first-order valence-corrected chi connectivity index (χ1v) is 8.18. The molecule has 0 spiro atoms. The highest BCUT2D eigenvalue weighted by atomic mass is 16.6. The molecule has 0 N–H and O–H groups in total. The van der Waals surface area contributed by atoms with E-state index >= 15 is 0 Å². The average molecular weight is 319 g/mol. The Labute approximate surface area is 132 Å². The number of rotatable bonds is 2. The van der Waals surface area contributed by atoms with E-state index in [1.54, 1.807) is 0 Å². The fourth-order valence-corrected chi connectivity index (χ4v) is 2.12. The third-order valence-electron chi connectivity index (χ3n) is 3.46. The van der Waals surface area contributed by atoms with Gasteiger partial charge in [0.2, 0.25) is 0 Å². The smallest absolute Gasteiger partial charge is 0.0936 e. The van der Waals surface area contributed by atoms with E-state index in [9.17, 15) is 0 Å². The van der Waals surface area contributed by atoms with Crippen LogP contribution in [0.4, 0.5) is 0 Å². The van der Waals surface area contributed by atoms with Gasteiger partial charge in [0.1, 0.15) is 0 Å². The molecular formula is C15H29NO6. The molecule has 0 aromatic carbocycles. The summed E-state index contributed by atoms with van der Waals surface area (Å²) < 4.78 is 32.8. The number of hydrogen-bond acceptors (Lipinski definition) is 7. The molecule has 2 saturated heterocycles. The van der Waals surface area contributed by atoms with Gasteiger partial charge in [0.15, 0.2) is 0 Å². The molecule has 1 unspecified atom stereocenters. The Morgan fingerprint density at radius 3 is 1.32 bits per heavy atom. The second-order valence-corrected chi connectivity index (χ2v) is 5.32. The first-order valence-electron chi connectivity index (χ1n) is 8.18. The van der Waals surface area contributed by atoms with Crippen LogP contribution >= 0.6 is 0 Å². The average Bonchev–Trinajstić information content (AvgIpc) is 3.33. The van der Waals surface area contributed by atoms with Gasteiger partial charge in [-0.25, -0.2) is 0 Å². The SMILES string of the molecule is C1COCCOCCN(CC2CO2)CCOCCOCCO1. The second kappa shape index (κ2) is 12.2. The van der Waals surface area contributed by atoms with Crippen LogP contribution in [-0.4, -0.2) is 103 Å². The van der Waals surface area contributed by atoms with Crippen LogP contribution in [0.1, 0.15) is 0 Å². The monoisotopic (exact) mass is 319 g/mol. The molecule has 2 aliphatic rings. The second-order valence-electron chi connectivity index (χ2n) is 5.32. The van der Waals surface area contributed by atoms with Crippen molar-refractivity contribution in [3.63, 3.8) is 0 Å². The zero-order chi connectivity index (χ0) is 15.3. The van der Waals surface area contributed by atoms with Crippen molar-refractivity contribution in [2.75, 3.05) is 92.3 Å². The highest BCUT2D eigenvalue weighted by molar-refractivity contribution is 4.74. The van der Waals surface area contributed by atoms with Crippen molar-refractivity contribution in [2.24, 2.45) is 0 Å². The lowest BCUT2D eigenvalue weighted by molar-refractivity contribution is -0.0187. The van der Waals surface area contributed by atoms with Crippen molar-refractivity contribution >= 4 is 0 Å². The van der Waals surface area contributed by atoms with Crippen LogP contribution in [0.2, 0.25) is 0 Å². The molecule has 1 atom stereocenters. The van der Waals surface area contributed by atoms with Crippen molar-refractivity contribution in [1.82, 2.24) is 4.90 Å². The molecule has 0 bridgehead atoms. The van der Waals surface area contributed by atoms with Gasteiger partial charge in [0.25, 0.3) is 0 Å². The quantitative estimate of drug-likeness (QED) is 0.652. The summed E-state index contributed by atoms with van der Waals surface area (Å²) in [7, 11) is 0. The van der Waals surface area contributed by atoms with Gasteiger partial charge in [0.05, 0.1) is 78.8 Å². The Morgan fingerprint density at radius 1 is 0.591 bits per heavy atom. The Bertz CT molecular complexity index is 246. The van der Waals surface area contributed by atoms with Gasteiger partial charge in [-0.15, -0.1) is 0 Å². The van der Waals surface area contributed by atoms with Crippen molar-refractivity contribution in [2.45, 2.75) is 6.10 Å². The number of epoxide rings is 1. The van der Waals surface area contributed by atoms with Crippen LogP contribution in [0.15, 0.2) is 0 Å². The number of hydrogen-bond donors (Lipinski definition) is 0. The van der Waals surface area contributed by atoms with Crippen molar-refractivity contribution in [3.8, 4) is 0 Å². The van der Waals surface area contributed by atoms with E-state index in [4.69, 9.17) is 28.4 Å². The fraction of sp³-hybridized carbons (Fsp3) is 1.00. The molecule has 7 nitrogen and oxygen atoms in total. The van der Waals surface area contributed by atoms with E-state index in [0.717, 1.165) is 26.2 Å². The summed E-state index contributed by atoms with van der Waals surface area (Å²) in [6.07, 6.45) is 0.393. The minimum atomic E-state index is 0.393. The summed E-state index contributed by atoms with van der Waals surface area (Å²) >= 11 is 0. The molecule has 2 rings (SSSR count). The first kappa shape index (κ1) is 18.1. The fourth-order valence-electron chi connectivity index (χ4n) is 2.12. The van der Waals surface area contributed by atoms with Gasteiger partial charge in [0, 0.05) is 19.6 Å². The van der Waals surface area contributed by atoms with Gasteiger partial charge in [-0.05, 0) is 0 Å². The van der Waals surface area contributed by atoms with Crippen LogP contribution in [0, 0.1) is 0 Å². The van der Waals surface area contributed by atoms with Gasteiger partial charge in [-0.3, -0.25) is 4.90 Å². The standard InChI is InChI=1S/C15H29NO6/c1-3-17-5-7-19-9-11-21-12-10-20-8-6-18-4-2-16(1)13-15-14-22-15/h15H,1-14H2. The van der Waals surface area contributed by atoms with Crippen LogP contribution in [-0.2, 0) is 28.4 Å². The highest BCUT2D eigenvalue weighted by Crippen LogP contribution is 2.10. The normalized spacial score (nSPS) is 28.6. The molecule has 22 heavy (non-hydrogen) atoms. The maximum atomic E-state index is 5.60. The van der Waals surface area contributed by atoms with Crippen LogP contribution in [0.25, 0.3) is 0 Å². The third-order valence-corrected chi connectivity index (χ3v) is 3.46. The predicted molar refractivity (Wildman–Crippen MR) is 80.3 cm³/mol. The first-order chi connectivity index (χ1) is 10.9. The Balaban J connectivity index is 1.61. The lowest BCUT2D eigenvalue weighted by atomic mass is 10.4. The van der Waals surface area contributed by atoms with E-state index < -0.39 is 0 Å². The third kappa shape index (κ3) is 9.68. The molecule has 0 aliphatic carbocycles. The maximum Gasteiger partial charge on any atom is 0.0936 e. The molecule has 0 saturated carbocycles. The van der Waals surface area contributed by atoms with E-state index in [2.05, 4.69) is 4.90 Å². The van der Waals surface area contributed by atoms with Gasteiger partial charge in [-0.1, -0.05) is 0 Å². The number of nitrogens with zero attached hydrogens (tertiary/aromatic N) is 1.